The summed E-state index contributed by atoms with van der Waals surface area (Å²) in [7, 11) is 0. The van der Waals surface area contributed by atoms with E-state index in [4.69, 9.17) is 4.52 Å². The lowest BCUT2D eigenvalue weighted by Crippen LogP contribution is -1.79. The van der Waals surface area contributed by atoms with E-state index >= 15 is 0 Å². The first-order chi connectivity index (χ1) is 8.00. The van der Waals surface area contributed by atoms with E-state index in [0.717, 1.165) is 0 Å². The molecule has 16 heavy (non-hydrogen) atoms. The quantitative estimate of drug-likeness (QED) is 0.721. The SMILES string of the molecule is c1cccccnnn[nH]occccc1. The van der Waals surface area contributed by atoms with E-state index in [1.165, 1.54) is 12.5 Å². The van der Waals surface area contributed by atoms with E-state index in [1.807, 2.05) is 42.5 Å². The number of nitrogens with one attached hydrogen (secondary N) is 1. The molecule has 1 heterocycles. The summed E-state index contributed by atoms with van der Waals surface area (Å²) >= 11 is 0. The first-order valence-electron chi connectivity index (χ1n) is 4.65. The largest absolute Gasteiger partial charge is 0.372 e. The number of nitrogens with zero attached hydrogens (tertiary/aromatic N) is 3. The average molecular weight is 216 g/mol. The predicted molar refractivity (Wildman–Crippen MR) is 59.3 cm³/mol. The molecule has 0 atom stereocenters. The molecule has 1 aromatic heterocycles. The third-order valence-electron chi connectivity index (χ3n) is 1.38. The van der Waals surface area contributed by atoms with Crippen molar-refractivity contribution in [2.45, 2.75) is 0 Å². The number of aromatic amines is 1. The fourth-order valence-corrected chi connectivity index (χ4v) is 0.750. The van der Waals surface area contributed by atoms with Crippen molar-refractivity contribution in [2.24, 2.45) is 0 Å². The van der Waals surface area contributed by atoms with Gasteiger partial charge in [0.1, 0.15) is 6.26 Å². The van der Waals surface area contributed by atoms with Crippen LogP contribution in [-0.4, -0.2) is 20.8 Å². The number of hydrogen-bond donors (Lipinski definition) is 1. The Morgan fingerprint density at radius 2 is 1.38 bits per heavy atom. The fraction of sp³-hybridized carbons (Fsp3) is 0. The monoisotopic (exact) mass is 216 g/mol. The van der Waals surface area contributed by atoms with Gasteiger partial charge in [0.25, 0.3) is 0 Å². The Morgan fingerprint density at radius 1 is 0.750 bits per heavy atom. The zero-order chi connectivity index (χ0) is 11.3. The van der Waals surface area contributed by atoms with Gasteiger partial charge in [0.2, 0.25) is 0 Å². The van der Waals surface area contributed by atoms with Crippen LogP contribution in [0.15, 0.2) is 71.6 Å². The second kappa shape index (κ2) is 9.14. The molecule has 0 unspecified atom stereocenters. The van der Waals surface area contributed by atoms with Crippen LogP contribution < -0.4 is 0 Å². The van der Waals surface area contributed by atoms with E-state index in [2.05, 4.69) is 20.8 Å². The minimum atomic E-state index is 1.44. The second-order valence-electron chi connectivity index (χ2n) is 2.53. The number of aromatic nitrogens is 4. The Hall–Kier alpha value is -2.43. The molecule has 0 bridgehead atoms. The smallest absolute Gasteiger partial charge is 0.121 e. The van der Waals surface area contributed by atoms with Crippen LogP contribution >= 0.6 is 0 Å². The highest BCUT2D eigenvalue weighted by Crippen LogP contribution is 1.77. The topological polar surface area (TPSA) is 67.6 Å². The molecule has 0 aliphatic carbocycles. The standard InChI is InChI=1S/C11H12N4O/c1-2-4-6-8-10-12-13-14-15-16-11-9-7-5-3-1/h1-11H,(H,13,15). The van der Waals surface area contributed by atoms with Gasteiger partial charge in [-0.05, 0) is 22.6 Å². The number of H-pyrrole nitrogens is 1. The minimum Gasteiger partial charge on any atom is -0.372 e. The molecule has 0 spiro atoms. The number of hydrogen-bond acceptors (Lipinski definition) is 4. The molecular formula is C11H12N4O. The van der Waals surface area contributed by atoms with Crippen molar-refractivity contribution in [1.29, 1.82) is 0 Å². The molecular weight excluding hydrogens is 204 g/mol. The lowest BCUT2D eigenvalue weighted by molar-refractivity contribution is 0.352. The predicted octanol–water partition coefficient (Wildman–Crippen LogP) is 2.17. The van der Waals surface area contributed by atoms with Gasteiger partial charge in [-0.3, -0.25) is 0 Å². The lowest BCUT2D eigenvalue weighted by Gasteiger charge is -1.71. The van der Waals surface area contributed by atoms with Gasteiger partial charge in [-0.15, -0.1) is 10.4 Å². The summed E-state index contributed by atoms with van der Waals surface area (Å²) in [5, 5.41) is 12.7. The van der Waals surface area contributed by atoms with Crippen LogP contribution in [0.2, 0.25) is 0 Å². The summed E-state index contributed by atoms with van der Waals surface area (Å²) in [6.07, 6.45) is 2.95. The summed E-state index contributed by atoms with van der Waals surface area (Å²) in [5.41, 5.74) is 0. The molecule has 1 aromatic rings. The van der Waals surface area contributed by atoms with Crippen LogP contribution in [0, 0.1) is 0 Å². The highest BCUT2D eigenvalue weighted by molar-refractivity contribution is 4.94. The lowest BCUT2D eigenvalue weighted by atomic mass is 10.4. The van der Waals surface area contributed by atoms with Gasteiger partial charge >= 0.3 is 0 Å². The Labute approximate surface area is 93.1 Å². The Balaban J connectivity index is 3.00. The highest BCUT2D eigenvalue weighted by atomic mass is 16.5. The molecule has 0 amide bonds. The van der Waals surface area contributed by atoms with Gasteiger partial charge in [0, 0.05) is 0 Å². The molecule has 5 nitrogen and oxygen atoms in total. The van der Waals surface area contributed by atoms with Crippen molar-refractivity contribution in [3.63, 3.8) is 0 Å². The maximum Gasteiger partial charge on any atom is 0.121 e. The summed E-state index contributed by atoms with van der Waals surface area (Å²) in [6, 6.07) is 16.6. The highest BCUT2D eigenvalue weighted by Gasteiger charge is 1.59. The van der Waals surface area contributed by atoms with Crippen molar-refractivity contribution in [3.05, 3.63) is 67.1 Å². The summed E-state index contributed by atoms with van der Waals surface area (Å²) in [5.74, 6) is 0. The van der Waals surface area contributed by atoms with Gasteiger partial charge < -0.3 is 4.52 Å². The van der Waals surface area contributed by atoms with Gasteiger partial charge in [-0.25, -0.2) is 0 Å². The van der Waals surface area contributed by atoms with Crippen molar-refractivity contribution >= 4 is 0 Å². The van der Waals surface area contributed by atoms with Crippen LogP contribution in [0.4, 0.5) is 0 Å². The van der Waals surface area contributed by atoms with E-state index in [-0.39, 0.29) is 0 Å². The maximum atomic E-state index is 4.76. The minimum absolute atomic E-state index is 1.44. The molecule has 0 saturated carbocycles. The molecule has 0 aliphatic heterocycles. The Kier molecular flexibility index (Phi) is 6.65. The van der Waals surface area contributed by atoms with E-state index < -0.39 is 0 Å². The molecule has 0 radical (unpaired) electrons. The first-order valence-corrected chi connectivity index (χ1v) is 4.65. The average Bonchev–Trinajstić information content (AvgIpc) is 2.29. The molecule has 1 N–H and O–H groups in total. The molecule has 1 rings (SSSR count). The van der Waals surface area contributed by atoms with Crippen molar-refractivity contribution in [2.75, 3.05) is 0 Å². The maximum absolute atomic E-state index is 4.76. The molecule has 0 fully saturated rings. The Bertz CT molecular complexity index is 269. The molecule has 0 aromatic carbocycles. The van der Waals surface area contributed by atoms with Crippen molar-refractivity contribution in [1.82, 2.24) is 20.8 Å². The van der Waals surface area contributed by atoms with Crippen LogP contribution in [0.25, 0.3) is 0 Å². The molecule has 0 aliphatic rings. The summed E-state index contributed by atoms with van der Waals surface area (Å²) in [6.45, 7) is 0. The van der Waals surface area contributed by atoms with E-state index in [0.29, 0.717) is 0 Å². The van der Waals surface area contributed by atoms with E-state index in [9.17, 15) is 0 Å². The van der Waals surface area contributed by atoms with Crippen LogP contribution in [0.5, 0.6) is 0 Å². The zero-order valence-electron chi connectivity index (χ0n) is 8.60. The van der Waals surface area contributed by atoms with Gasteiger partial charge in [0.05, 0.1) is 6.20 Å². The zero-order valence-corrected chi connectivity index (χ0v) is 8.60. The third-order valence-corrected chi connectivity index (χ3v) is 1.38. The fourth-order valence-electron chi connectivity index (χ4n) is 0.750. The second-order valence-corrected chi connectivity index (χ2v) is 2.53. The van der Waals surface area contributed by atoms with Gasteiger partial charge in [-0.1, -0.05) is 42.5 Å². The summed E-state index contributed by atoms with van der Waals surface area (Å²) < 4.78 is 4.76. The third kappa shape index (κ3) is 7.02. The number of rotatable bonds is 0. The van der Waals surface area contributed by atoms with E-state index in [1.54, 1.807) is 12.1 Å². The van der Waals surface area contributed by atoms with Crippen molar-refractivity contribution in [3.8, 4) is 0 Å². The van der Waals surface area contributed by atoms with Crippen LogP contribution in [0.3, 0.4) is 0 Å². The molecule has 0 saturated heterocycles. The normalized spacial score (nSPS) is 8.00. The molecule has 5 heteroatoms. The first kappa shape index (κ1) is 11.6. The van der Waals surface area contributed by atoms with Crippen LogP contribution in [0.1, 0.15) is 0 Å². The van der Waals surface area contributed by atoms with Crippen molar-refractivity contribution < 1.29 is 4.52 Å². The van der Waals surface area contributed by atoms with Gasteiger partial charge in [-0.2, -0.15) is 0 Å². The van der Waals surface area contributed by atoms with Gasteiger partial charge in [0.15, 0.2) is 0 Å². The van der Waals surface area contributed by atoms with Crippen LogP contribution in [-0.2, 0) is 0 Å². The molecule has 82 valence electrons. The Morgan fingerprint density at radius 3 is 2.12 bits per heavy atom. The summed E-state index contributed by atoms with van der Waals surface area (Å²) in [4.78, 5) is 0.